The summed E-state index contributed by atoms with van der Waals surface area (Å²) in [4.78, 5) is 12.3. The monoisotopic (exact) mass is 310 g/mol. The number of nitrogens with one attached hydrogen (secondary N) is 1. The average molecular weight is 311 g/mol. The molecule has 0 saturated carbocycles. The number of fused-ring (bicyclic) bond motifs is 1. The van der Waals surface area contributed by atoms with Gasteiger partial charge in [0, 0.05) is 24.0 Å². The molecular weight excluding hydrogens is 298 g/mol. The number of hydrogen-bond acceptors (Lipinski definition) is 1. The molecular formula is C15H13ClF2N2O. The van der Waals surface area contributed by atoms with Gasteiger partial charge in [-0.1, -0.05) is 11.6 Å². The largest absolute Gasteiger partial charge is 0.339 e. The molecule has 110 valence electrons. The third-order valence-corrected chi connectivity index (χ3v) is 3.88. The maximum atomic E-state index is 13.2. The van der Waals surface area contributed by atoms with Crippen molar-refractivity contribution in [3.05, 3.63) is 52.3 Å². The van der Waals surface area contributed by atoms with Crippen LogP contribution in [0.25, 0.3) is 0 Å². The number of nitrogens with zero attached hydrogens (tertiary/aromatic N) is 1. The van der Waals surface area contributed by atoms with E-state index < -0.39 is 17.5 Å². The van der Waals surface area contributed by atoms with Gasteiger partial charge in [-0.05, 0) is 37.5 Å². The molecule has 0 aliphatic carbocycles. The molecule has 1 aromatic heterocycles. The smallest absolute Gasteiger partial charge is 0.273 e. The van der Waals surface area contributed by atoms with E-state index in [4.69, 9.17) is 11.6 Å². The van der Waals surface area contributed by atoms with Gasteiger partial charge in [0.2, 0.25) is 0 Å². The second-order valence-corrected chi connectivity index (χ2v) is 5.43. The Morgan fingerprint density at radius 3 is 2.76 bits per heavy atom. The van der Waals surface area contributed by atoms with Gasteiger partial charge in [-0.15, -0.1) is 0 Å². The fourth-order valence-corrected chi connectivity index (χ4v) is 2.91. The topological polar surface area (TPSA) is 34.0 Å². The van der Waals surface area contributed by atoms with Crippen LogP contribution in [0.4, 0.5) is 14.5 Å². The number of hydrogen-bond donors (Lipinski definition) is 1. The molecule has 0 fully saturated rings. The number of aryl methyl sites for hydroxylation is 1. The molecule has 0 saturated heterocycles. The van der Waals surface area contributed by atoms with Crippen LogP contribution in [0, 0.1) is 11.6 Å². The molecule has 0 spiro atoms. The van der Waals surface area contributed by atoms with Gasteiger partial charge < -0.3 is 9.88 Å². The molecule has 1 aliphatic heterocycles. The predicted octanol–water partition coefficient (Wildman–Crippen LogP) is 4.01. The van der Waals surface area contributed by atoms with Crippen molar-refractivity contribution >= 4 is 23.2 Å². The summed E-state index contributed by atoms with van der Waals surface area (Å²) in [7, 11) is 0. The first kappa shape index (κ1) is 14.1. The van der Waals surface area contributed by atoms with Gasteiger partial charge >= 0.3 is 0 Å². The molecule has 3 nitrogen and oxygen atoms in total. The van der Waals surface area contributed by atoms with E-state index in [2.05, 4.69) is 5.32 Å². The number of halogens is 3. The quantitative estimate of drug-likeness (QED) is 0.893. The Hall–Kier alpha value is -1.88. The Morgan fingerprint density at radius 1 is 1.19 bits per heavy atom. The molecule has 0 atom stereocenters. The predicted molar refractivity (Wildman–Crippen MR) is 76.7 cm³/mol. The summed E-state index contributed by atoms with van der Waals surface area (Å²) in [5, 5.41) is 2.93. The van der Waals surface area contributed by atoms with Crippen molar-refractivity contribution in [2.75, 3.05) is 5.32 Å². The van der Waals surface area contributed by atoms with Crippen molar-refractivity contribution in [2.24, 2.45) is 0 Å². The standard InChI is InChI=1S/C15H13ClF2N2O/c16-11-8-10-3-1-2-6-20(10)14(11)15(21)19-9-4-5-12(17)13(18)7-9/h4-5,7-8H,1-3,6H2,(H,19,21). The van der Waals surface area contributed by atoms with Gasteiger partial charge in [-0.2, -0.15) is 0 Å². The highest BCUT2D eigenvalue weighted by molar-refractivity contribution is 6.34. The maximum Gasteiger partial charge on any atom is 0.273 e. The Bertz CT molecular complexity index is 712. The summed E-state index contributed by atoms with van der Waals surface area (Å²) in [6.07, 6.45) is 2.95. The Morgan fingerprint density at radius 2 is 2.00 bits per heavy atom. The number of carbonyl (C=O) groups excluding carboxylic acids is 1. The molecule has 6 heteroatoms. The second-order valence-electron chi connectivity index (χ2n) is 5.02. The lowest BCUT2D eigenvalue weighted by Gasteiger charge is -2.17. The fraction of sp³-hybridized carbons (Fsp3) is 0.267. The van der Waals surface area contributed by atoms with Gasteiger partial charge in [0.1, 0.15) is 5.69 Å². The average Bonchev–Trinajstić information content (AvgIpc) is 2.78. The molecule has 1 aliphatic rings. The van der Waals surface area contributed by atoms with E-state index in [0.717, 1.165) is 43.6 Å². The molecule has 3 rings (SSSR count). The first-order chi connectivity index (χ1) is 10.1. The van der Waals surface area contributed by atoms with E-state index in [1.165, 1.54) is 6.07 Å². The molecule has 2 heterocycles. The zero-order chi connectivity index (χ0) is 15.0. The van der Waals surface area contributed by atoms with Crippen LogP contribution in [0.15, 0.2) is 24.3 Å². The lowest BCUT2D eigenvalue weighted by Crippen LogP contribution is -2.20. The Balaban J connectivity index is 1.88. The second kappa shape index (κ2) is 5.48. The van der Waals surface area contributed by atoms with Crippen LogP contribution in [-0.4, -0.2) is 10.5 Å². The van der Waals surface area contributed by atoms with Crippen LogP contribution in [-0.2, 0) is 13.0 Å². The van der Waals surface area contributed by atoms with Crippen molar-refractivity contribution in [3.8, 4) is 0 Å². The lowest BCUT2D eigenvalue weighted by molar-refractivity contribution is 0.101. The summed E-state index contributed by atoms with van der Waals surface area (Å²) >= 11 is 6.14. The van der Waals surface area contributed by atoms with Gasteiger partial charge in [0.05, 0.1) is 5.02 Å². The number of aromatic nitrogens is 1. The summed E-state index contributed by atoms with van der Waals surface area (Å²) in [5.74, 6) is -2.37. The van der Waals surface area contributed by atoms with Crippen molar-refractivity contribution < 1.29 is 13.6 Å². The molecule has 1 amide bonds. The summed E-state index contributed by atoms with van der Waals surface area (Å²) in [6.45, 7) is 0.739. The Labute approximate surface area is 125 Å². The number of carbonyl (C=O) groups is 1. The van der Waals surface area contributed by atoms with E-state index in [-0.39, 0.29) is 5.69 Å². The van der Waals surface area contributed by atoms with Crippen molar-refractivity contribution in [3.63, 3.8) is 0 Å². The molecule has 21 heavy (non-hydrogen) atoms. The highest BCUT2D eigenvalue weighted by Gasteiger charge is 2.22. The van der Waals surface area contributed by atoms with E-state index in [0.29, 0.717) is 10.7 Å². The van der Waals surface area contributed by atoms with E-state index in [9.17, 15) is 13.6 Å². The minimum atomic E-state index is -1.00. The molecule has 0 unspecified atom stereocenters. The zero-order valence-corrected chi connectivity index (χ0v) is 11.9. The number of benzene rings is 1. The van der Waals surface area contributed by atoms with Gasteiger partial charge in [0.25, 0.3) is 5.91 Å². The molecule has 2 aromatic rings. The van der Waals surface area contributed by atoms with Crippen molar-refractivity contribution in [1.82, 2.24) is 4.57 Å². The Kier molecular flexibility index (Phi) is 3.68. The summed E-state index contributed by atoms with van der Waals surface area (Å²) < 4.78 is 27.9. The third kappa shape index (κ3) is 2.65. The van der Waals surface area contributed by atoms with E-state index in [1.54, 1.807) is 6.07 Å². The number of amides is 1. The molecule has 1 N–H and O–H groups in total. The maximum absolute atomic E-state index is 13.2. The first-order valence-corrected chi connectivity index (χ1v) is 7.08. The third-order valence-electron chi connectivity index (χ3n) is 3.59. The van der Waals surface area contributed by atoms with Crippen LogP contribution < -0.4 is 5.32 Å². The molecule has 0 bridgehead atoms. The van der Waals surface area contributed by atoms with E-state index >= 15 is 0 Å². The van der Waals surface area contributed by atoms with Crippen molar-refractivity contribution in [1.29, 1.82) is 0 Å². The fourth-order valence-electron chi connectivity index (χ4n) is 2.60. The minimum Gasteiger partial charge on any atom is -0.339 e. The zero-order valence-electron chi connectivity index (χ0n) is 11.1. The van der Waals surface area contributed by atoms with Gasteiger partial charge in [-0.25, -0.2) is 8.78 Å². The van der Waals surface area contributed by atoms with Crippen LogP contribution in [0.5, 0.6) is 0 Å². The van der Waals surface area contributed by atoms with Crippen LogP contribution in [0.2, 0.25) is 5.02 Å². The first-order valence-electron chi connectivity index (χ1n) is 6.70. The van der Waals surface area contributed by atoms with Crippen LogP contribution in [0.1, 0.15) is 29.0 Å². The number of rotatable bonds is 2. The normalized spacial score (nSPS) is 13.9. The van der Waals surface area contributed by atoms with Crippen molar-refractivity contribution in [2.45, 2.75) is 25.8 Å². The highest BCUT2D eigenvalue weighted by Crippen LogP contribution is 2.27. The van der Waals surface area contributed by atoms with Crippen LogP contribution >= 0.6 is 11.6 Å². The summed E-state index contributed by atoms with van der Waals surface area (Å²) in [6, 6.07) is 5.02. The summed E-state index contributed by atoms with van der Waals surface area (Å²) in [5.41, 5.74) is 1.60. The SMILES string of the molecule is O=C(Nc1ccc(F)c(F)c1)c1c(Cl)cc2n1CCCC2. The molecule has 0 radical (unpaired) electrons. The van der Waals surface area contributed by atoms with Crippen LogP contribution in [0.3, 0.4) is 0 Å². The van der Waals surface area contributed by atoms with Gasteiger partial charge in [-0.3, -0.25) is 4.79 Å². The number of anilines is 1. The van der Waals surface area contributed by atoms with E-state index in [1.807, 2.05) is 4.57 Å². The highest BCUT2D eigenvalue weighted by atomic mass is 35.5. The minimum absolute atomic E-state index is 0.196. The molecule has 1 aromatic carbocycles. The van der Waals surface area contributed by atoms with Gasteiger partial charge in [0.15, 0.2) is 11.6 Å². The lowest BCUT2D eigenvalue weighted by atomic mass is 10.1.